The molecule has 0 aromatic heterocycles. The van der Waals surface area contributed by atoms with E-state index < -0.39 is 0 Å². The van der Waals surface area contributed by atoms with Crippen LogP contribution in [-0.2, 0) is 6.42 Å². The van der Waals surface area contributed by atoms with Crippen LogP contribution in [0.3, 0.4) is 0 Å². The van der Waals surface area contributed by atoms with Gasteiger partial charge in [-0.1, -0.05) is 66.7 Å². The lowest BCUT2D eigenvalue weighted by Gasteiger charge is -2.45. The number of rotatable bonds is 5. The van der Waals surface area contributed by atoms with E-state index in [1.54, 1.807) is 12.1 Å². The van der Waals surface area contributed by atoms with Crippen LogP contribution in [0.5, 0.6) is 11.5 Å². The molecule has 4 rings (SSSR count). The molecule has 0 aliphatic carbocycles. The van der Waals surface area contributed by atoms with Crippen molar-refractivity contribution >= 4 is 0 Å². The van der Waals surface area contributed by atoms with E-state index in [0.29, 0.717) is 0 Å². The third-order valence-electron chi connectivity index (χ3n) is 5.73. The third-order valence-corrected chi connectivity index (χ3v) is 5.73. The molecule has 1 unspecified atom stereocenters. The number of aromatic hydroxyl groups is 2. The van der Waals surface area contributed by atoms with E-state index in [1.807, 2.05) is 6.07 Å². The Morgan fingerprint density at radius 1 is 0.897 bits per heavy atom. The Bertz CT molecular complexity index is 906. The highest BCUT2D eigenvalue weighted by molar-refractivity contribution is 5.41. The number of hydrogen-bond acceptors (Lipinski definition) is 4. The summed E-state index contributed by atoms with van der Waals surface area (Å²) < 4.78 is 0. The molecule has 3 N–H and O–H groups in total. The third kappa shape index (κ3) is 4.44. The second kappa shape index (κ2) is 8.27. The van der Waals surface area contributed by atoms with Gasteiger partial charge in [0.1, 0.15) is 0 Å². The lowest BCUT2D eigenvalue weighted by atomic mass is 9.88. The fraction of sp³-hybridized carbons (Fsp3) is 0.280. The minimum atomic E-state index is -0.135. The summed E-state index contributed by atoms with van der Waals surface area (Å²) in [4.78, 5) is 2.54. The van der Waals surface area contributed by atoms with Crippen LogP contribution in [0, 0.1) is 0 Å². The van der Waals surface area contributed by atoms with Crippen molar-refractivity contribution in [3.05, 3.63) is 95.6 Å². The van der Waals surface area contributed by atoms with Crippen LogP contribution < -0.4 is 5.32 Å². The van der Waals surface area contributed by atoms with Crippen LogP contribution in [0.2, 0.25) is 0 Å². The zero-order chi connectivity index (χ0) is 20.3. The molecule has 150 valence electrons. The molecule has 0 radical (unpaired) electrons. The molecule has 1 atom stereocenters. The van der Waals surface area contributed by atoms with Crippen LogP contribution in [0.1, 0.15) is 29.7 Å². The maximum atomic E-state index is 9.87. The molecule has 4 nitrogen and oxygen atoms in total. The molecule has 1 saturated heterocycles. The van der Waals surface area contributed by atoms with E-state index in [9.17, 15) is 10.2 Å². The summed E-state index contributed by atoms with van der Waals surface area (Å²) in [6.45, 7) is 4.97. The summed E-state index contributed by atoms with van der Waals surface area (Å²) in [5, 5.41) is 23.2. The quantitative estimate of drug-likeness (QED) is 0.576. The van der Waals surface area contributed by atoms with Gasteiger partial charge < -0.3 is 15.5 Å². The predicted molar refractivity (Wildman–Crippen MR) is 116 cm³/mol. The maximum Gasteiger partial charge on any atom is 0.157 e. The summed E-state index contributed by atoms with van der Waals surface area (Å²) in [6, 6.07) is 26.6. The molecule has 1 heterocycles. The molecule has 4 heteroatoms. The summed E-state index contributed by atoms with van der Waals surface area (Å²) in [7, 11) is 0. The monoisotopic (exact) mass is 388 g/mol. The van der Waals surface area contributed by atoms with Gasteiger partial charge in [0.05, 0.1) is 6.04 Å². The standard InChI is InChI=1S/C25H28N2O2/c1-25(17-19-12-13-22(28)23(29)16-19)18-27(15-14-26-25)24(20-8-4-2-5-9-20)21-10-6-3-7-11-21/h2-13,16,24,26,28-29H,14-15,17-18H2,1H3. The molecule has 0 amide bonds. The van der Waals surface area contributed by atoms with E-state index >= 15 is 0 Å². The van der Waals surface area contributed by atoms with E-state index in [0.717, 1.165) is 31.6 Å². The highest BCUT2D eigenvalue weighted by Gasteiger charge is 2.35. The first kappa shape index (κ1) is 19.5. The lowest BCUT2D eigenvalue weighted by Crippen LogP contribution is -2.60. The fourth-order valence-corrected chi connectivity index (χ4v) is 4.44. The molecular weight excluding hydrogens is 360 g/mol. The lowest BCUT2D eigenvalue weighted by molar-refractivity contribution is 0.115. The predicted octanol–water partition coefficient (Wildman–Crippen LogP) is 4.09. The van der Waals surface area contributed by atoms with Gasteiger partial charge in [-0.15, -0.1) is 0 Å². The molecule has 3 aromatic rings. The fourth-order valence-electron chi connectivity index (χ4n) is 4.44. The zero-order valence-corrected chi connectivity index (χ0v) is 16.8. The van der Waals surface area contributed by atoms with Crippen LogP contribution in [0.25, 0.3) is 0 Å². The zero-order valence-electron chi connectivity index (χ0n) is 16.8. The minimum absolute atomic E-state index is 0.0646. The minimum Gasteiger partial charge on any atom is -0.504 e. The Hall–Kier alpha value is -2.82. The first-order valence-corrected chi connectivity index (χ1v) is 10.1. The molecule has 0 bridgehead atoms. The van der Waals surface area contributed by atoms with E-state index in [-0.39, 0.29) is 23.1 Å². The highest BCUT2D eigenvalue weighted by Crippen LogP contribution is 2.33. The summed E-state index contributed by atoms with van der Waals surface area (Å²) in [5.74, 6) is -0.143. The number of hydrogen-bond donors (Lipinski definition) is 3. The summed E-state index contributed by atoms with van der Waals surface area (Å²) in [6.07, 6.45) is 0.771. The van der Waals surface area contributed by atoms with Crippen molar-refractivity contribution in [3.8, 4) is 11.5 Å². The molecule has 1 aliphatic heterocycles. The van der Waals surface area contributed by atoms with Crippen LogP contribution >= 0.6 is 0 Å². The average Bonchev–Trinajstić information content (AvgIpc) is 2.72. The number of nitrogens with zero attached hydrogens (tertiary/aromatic N) is 1. The summed E-state index contributed by atoms with van der Waals surface area (Å²) >= 11 is 0. The smallest absolute Gasteiger partial charge is 0.157 e. The average molecular weight is 389 g/mol. The first-order chi connectivity index (χ1) is 14.0. The molecule has 29 heavy (non-hydrogen) atoms. The van der Waals surface area contributed by atoms with Crippen molar-refractivity contribution in [1.29, 1.82) is 0 Å². The van der Waals surface area contributed by atoms with Crippen molar-refractivity contribution < 1.29 is 10.2 Å². The number of nitrogens with one attached hydrogen (secondary N) is 1. The molecule has 0 spiro atoms. The van der Waals surface area contributed by atoms with Gasteiger partial charge in [-0.25, -0.2) is 0 Å². The Kier molecular flexibility index (Phi) is 5.56. The number of benzene rings is 3. The number of phenols is 2. The van der Waals surface area contributed by atoms with Gasteiger partial charge in [0, 0.05) is 25.2 Å². The highest BCUT2D eigenvalue weighted by atomic mass is 16.3. The van der Waals surface area contributed by atoms with Gasteiger partial charge in [-0.3, -0.25) is 4.90 Å². The van der Waals surface area contributed by atoms with Gasteiger partial charge in [0.2, 0.25) is 0 Å². The molecular formula is C25H28N2O2. The molecule has 0 saturated carbocycles. The second-order valence-electron chi connectivity index (χ2n) is 8.18. The maximum absolute atomic E-state index is 9.87. The Morgan fingerprint density at radius 2 is 1.52 bits per heavy atom. The van der Waals surface area contributed by atoms with Crippen molar-refractivity contribution in [2.45, 2.75) is 24.9 Å². The van der Waals surface area contributed by atoms with Crippen LogP contribution in [0.15, 0.2) is 78.9 Å². The van der Waals surface area contributed by atoms with Gasteiger partial charge in [-0.05, 0) is 42.2 Å². The van der Waals surface area contributed by atoms with E-state index in [2.05, 4.69) is 77.8 Å². The molecule has 1 aliphatic rings. The van der Waals surface area contributed by atoms with E-state index in [1.165, 1.54) is 11.1 Å². The van der Waals surface area contributed by atoms with Gasteiger partial charge in [0.15, 0.2) is 11.5 Å². The van der Waals surface area contributed by atoms with E-state index in [4.69, 9.17) is 0 Å². The largest absolute Gasteiger partial charge is 0.504 e. The number of phenolic OH excluding ortho intramolecular Hbond substituents is 2. The van der Waals surface area contributed by atoms with Gasteiger partial charge in [-0.2, -0.15) is 0 Å². The molecule has 3 aromatic carbocycles. The van der Waals surface area contributed by atoms with Crippen LogP contribution in [0.4, 0.5) is 0 Å². The Morgan fingerprint density at radius 3 is 2.10 bits per heavy atom. The first-order valence-electron chi connectivity index (χ1n) is 10.1. The van der Waals surface area contributed by atoms with Crippen LogP contribution in [-0.4, -0.2) is 40.3 Å². The normalized spacial score (nSPS) is 20.1. The second-order valence-corrected chi connectivity index (χ2v) is 8.18. The summed E-state index contributed by atoms with van der Waals surface area (Å²) in [5.41, 5.74) is 3.47. The van der Waals surface area contributed by atoms with Gasteiger partial charge in [0.25, 0.3) is 0 Å². The van der Waals surface area contributed by atoms with Crippen molar-refractivity contribution in [3.63, 3.8) is 0 Å². The molecule has 1 fully saturated rings. The van der Waals surface area contributed by atoms with Crippen molar-refractivity contribution in [2.75, 3.05) is 19.6 Å². The van der Waals surface area contributed by atoms with Crippen molar-refractivity contribution in [2.24, 2.45) is 0 Å². The topological polar surface area (TPSA) is 55.7 Å². The van der Waals surface area contributed by atoms with Gasteiger partial charge >= 0.3 is 0 Å². The van der Waals surface area contributed by atoms with Crippen molar-refractivity contribution in [1.82, 2.24) is 10.2 Å². The Balaban J connectivity index is 1.61. The SMILES string of the molecule is CC1(Cc2ccc(O)c(O)c2)CN(C(c2ccccc2)c2ccccc2)CCN1. The number of piperazine rings is 1. The Labute approximate surface area is 172 Å².